The summed E-state index contributed by atoms with van der Waals surface area (Å²) < 4.78 is 0. The van der Waals surface area contributed by atoms with E-state index in [1.807, 2.05) is 0 Å². The van der Waals surface area contributed by atoms with Crippen LogP contribution < -0.4 is 5.32 Å². The zero-order valence-electron chi connectivity index (χ0n) is 10.4. The molecule has 1 fully saturated rings. The molecule has 2 rings (SSSR count). The molecule has 0 spiro atoms. The Kier molecular flexibility index (Phi) is 3.71. The minimum absolute atomic E-state index is 0.00844. The summed E-state index contributed by atoms with van der Waals surface area (Å²) in [5.74, 6) is -0.463. The number of likely N-dealkylation sites (N-methyl/N-ethyl adjacent to an activating group) is 1. The number of hydrogen-bond donors (Lipinski definition) is 1. The minimum atomic E-state index is -0.613. The van der Waals surface area contributed by atoms with Gasteiger partial charge in [-0.2, -0.15) is 0 Å². The van der Waals surface area contributed by atoms with Crippen molar-refractivity contribution in [3.05, 3.63) is 44.6 Å². The summed E-state index contributed by atoms with van der Waals surface area (Å²) in [4.78, 5) is 34.5. The number of nitrogens with zero attached hydrogens (tertiary/aromatic N) is 2. The maximum atomic E-state index is 11.9. The quantitative estimate of drug-likeness (QED) is 0.400. The number of rotatable bonds is 3. The van der Waals surface area contributed by atoms with Crippen LogP contribution in [0.25, 0.3) is 6.08 Å². The van der Waals surface area contributed by atoms with Crippen LogP contribution >= 0.6 is 11.6 Å². The second kappa shape index (κ2) is 5.30. The normalized spacial score (nSPS) is 16.7. The molecule has 1 aliphatic heterocycles. The van der Waals surface area contributed by atoms with Crippen molar-refractivity contribution in [2.45, 2.75) is 6.92 Å². The number of imide groups is 1. The topological polar surface area (TPSA) is 92.6 Å². The maximum absolute atomic E-state index is 11.9. The van der Waals surface area contributed by atoms with Gasteiger partial charge < -0.3 is 5.32 Å². The van der Waals surface area contributed by atoms with Crippen molar-refractivity contribution in [3.8, 4) is 0 Å². The van der Waals surface area contributed by atoms with E-state index < -0.39 is 16.9 Å². The van der Waals surface area contributed by atoms with E-state index in [4.69, 9.17) is 11.6 Å². The number of carbonyl (C=O) groups is 2. The van der Waals surface area contributed by atoms with Crippen molar-refractivity contribution in [3.63, 3.8) is 0 Å². The SMILES string of the molecule is CCN1C(=O)N/C(=C/c2ccc(Cl)c([N+](=O)[O-])c2)C1=O. The highest BCUT2D eigenvalue weighted by atomic mass is 35.5. The van der Waals surface area contributed by atoms with Gasteiger partial charge in [0.15, 0.2) is 0 Å². The van der Waals surface area contributed by atoms with Gasteiger partial charge >= 0.3 is 6.03 Å². The van der Waals surface area contributed by atoms with E-state index >= 15 is 0 Å². The molecule has 1 aromatic carbocycles. The van der Waals surface area contributed by atoms with Gasteiger partial charge in [0.05, 0.1) is 4.92 Å². The van der Waals surface area contributed by atoms with Crippen molar-refractivity contribution in [2.75, 3.05) is 6.54 Å². The standard InChI is InChI=1S/C12H10ClN3O4/c1-2-15-11(17)9(14-12(15)18)5-7-3-4-8(13)10(6-7)16(19)20/h3-6H,2H2,1H3,(H,14,18)/b9-5+. The maximum Gasteiger partial charge on any atom is 0.328 e. The number of urea groups is 1. The van der Waals surface area contributed by atoms with Gasteiger partial charge in [0.25, 0.3) is 11.6 Å². The lowest BCUT2D eigenvalue weighted by atomic mass is 10.1. The minimum Gasteiger partial charge on any atom is -0.303 e. The molecule has 0 unspecified atom stereocenters. The fourth-order valence-corrected chi connectivity index (χ4v) is 1.97. The Labute approximate surface area is 119 Å². The fourth-order valence-electron chi connectivity index (χ4n) is 1.78. The number of nitro groups is 1. The summed E-state index contributed by atoms with van der Waals surface area (Å²) in [5, 5.41) is 13.2. The van der Waals surface area contributed by atoms with Crippen LogP contribution in [0.1, 0.15) is 12.5 Å². The van der Waals surface area contributed by atoms with E-state index in [-0.39, 0.29) is 23.0 Å². The van der Waals surface area contributed by atoms with Gasteiger partial charge in [0.1, 0.15) is 10.7 Å². The number of carbonyl (C=O) groups excluding carboxylic acids is 2. The number of hydrogen-bond acceptors (Lipinski definition) is 4. The molecule has 7 nitrogen and oxygen atoms in total. The second-order valence-corrected chi connectivity index (χ2v) is 4.41. The average Bonchev–Trinajstić information content (AvgIpc) is 2.66. The molecular weight excluding hydrogens is 286 g/mol. The lowest BCUT2D eigenvalue weighted by Crippen LogP contribution is -2.30. The predicted octanol–water partition coefficient (Wildman–Crippen LogP) is 2.16. The summed E-state index contributed by atoms with van der Waals surface area (Å²) >= 11 is 5.70. The van der Waals surface area contributed by atoms with Crippen molar-refractivity contribution in [1.29, 1.82) is 0 Å². The van der Waals surface area contributed by atoms with E-state index in [1.54, 1.807) is 6.92 Å². The number of nitrogens with one attached hydrogen (secondary N) is 1. The van der Waals surface area contributed by atoms with E-state index in [1.165, 1.54) is 24.3 Å². The number of benzene rings is 1. The number of nitro benzene ring substituents is 1. The van der Waals surface area contributed by atoms with Crippen LogP contribution in [0.15, 0.2) is 23.9 Å². The molecule has 0 aromatic heterocycles. The Balaban J connectivity index is 2.37. The molecule has 20 heavy (non-hydrogen) atoms. The first-order valence-corrected chi connectivity index (χ1v) is 6.10. The van der Waals surface area contributed by atoms with Crippen molar-refractivity contribution >= 4 is 35.3 Å². The largest absolute Gasteiger partial charge is 0.328 e. The van der Waals surface area contributed by atoms with Crippen LogP contribution in [0.5, 0.6) is 0 Å². The molecule has 0 atom stereocenters. The van der Waals surface area contributed by atoms with Gasteiger partial charge in [-0.05, 0) is 24.6 Å². The molecular formula is C12H10ClN3O4. The summed E-state index contributed by atoms with van der Waals surface area (Å²) in [5.41, 5.74) is 0.223. The monoisotopic (exact) mass is 295 g/mol. The van der Waals surface area contributed by atoms with Gasteiger partial charge in [-0.3, -0.25) is 19.8 Å². The molecule has 0 saturated carbocycles. The molecule has 1 heterocycles. The van der Waals surface area contributed by atoms with E-state index in [2.05, 4.69) is 5.32 Å². The highest BCUT2D eigenvalue weighted by molar-refractivity contribution is 6.32. The number of amides is 3. The van der Waals surface area contributed by atoms with Gasteiger partial charge in [0.2, 0.25) is 0 Å². The Hall–Kier alpha value is -2.41. The van der Waals surface area contributed by atoms with Crippen LogP contribution in [0.4, 0.5) is 10.5 Å². The highest BCUT2D eigenvalue weighted by Gasteiger charge is 2.32. The van der Waals surface area contributed by atoms with E-state index in [9.17, 15) is 19.7 Å². The summed E-state index contributed by atoms with van der Waals surface area (Å²) in [6.45, 7) is 1.93. The molecule has 1 saturated heterocycles. The van der Waals surface area contributed by atoms with Gasteiger partial charge in [0, 0.05) is 12.6 Å². The zero-order chi connectivity index (χ0) is 14.9. The first kappa shape index (κ1) is 14.0. The van der Waals surface area contributed by atoms with Crippen LogP contribution in [-0.4, -0.2) is 28.3 Å². The molecule has 1 N–H and O–H groups in total. The smallest absolute Gasteiger partial charge is 0.303 e. The van der Waals surface area contributed by atoms with Crippen LogP contribution in [0.2, 0.25) is 5.02 Å². The molecule has 0 aliphatic carbocycles. The number of halogens is 1. The van der Waals surface area contributed by atoms with Crippen molar-refractivity contribution in [1.82, 2.24) is 10.2 Å². The highest BCUT2D eigenvalue weighted by Crippen LogP contribution is 2.26. The Bertz CT molecular complexity index is 642. The van der Waals surface area contributed by atoms with Gasteiger partial charge in [-0.15, -0.1) is 0 Å². The molecule has 0 radical (unpaired) electrons. The van der Waals surface area contributed by atoms with Crippen molar-refractivity contribution in [2.24, 2.45) is 0 Å². The molecule has 8 heteroatoms. The Morgan fingerprint density at radius 2 is 2.15 bits per heavy atom. The molecule has 1 aliphatic rings. The average molecular weight is 296 g/mol. The predicted molar refractivity (Wildman–Crippen MR) is 72.0 cm³/mol. The lowest BCUT2D eigenvalue weighted by molar-refractivity contribution is -0.384. The summed E-state index contributed by atoms with van der Waals surface area (Å²) in [6.07, 6.45) is 1.37. The van der Waals surface area contributed by atoms with Crippen LogP contribution in [-0.2, 0) is 4.79 Å². The third-order valence-corrected chi connectivity index (χ3v) is 3.08. The lowest BCUT2D eigenvalue weighted by Gasteiger charge is -2.06. The third kappa shape index (κ3) is 2.48. The van der Waals surface area contributed by atoms with E-state index in [0.29, 0.717) is 5.56 Å². The molecule has 0 bridgehead atoms. The molecule has 104 valence electrons. The second-order valence-electron chi connectivity index (χ2n) is 4.01. The summed E-state index contributed by atoms with van der Waals surface area (Å²) in [6, 6.07) is 3.62. The first-order valence-electron chi connectivity index (χ1n) is 5.72. The molecule has 3 amide bonds. The van der Waals surface area contributed by atoms with Crippen LogP contribution in [0, 0.1) is 10.1 Å². The Morgan fingerprint density at radius 3 is 2.70 bits per heavy atom. The molecule has 1 aromatic rings. The first-order chi connectivity index (χ1) is 9.43. The third-order valence-electron chi connectivity index (χ3n) is 2.76. The van der Waals surface area contributed by atoms with Gasteiger partial charge in [-0.25, -0.2) is 4.79 Å². The summed E-state index contributed by atoms with van der Waals surface area (Å²) in [7, 11) is 0. The zero-order valence-corrected chi connectivity index (χ0v) is 11.2. The Morgan fingerprint density at radius 1 is 1.45 bits per heavy atom. The fraction of sp³-hybridized carbons (Fsp3) is 0.167. The van der Waals surface area contributed by atoms with Crippen molar-refractivity contribution < 1.29 is 14.5 Å². The van der Waals surface area contributed by atoms with Crippen LogP contribution in [0.3, 0.4) is 0 Å². The van der Waals surface area contributed by atoms with E-state index in [0.717, 1.165) is 4.90 Å². The van der Waals surface area contributed by atoms with Gasteiger partial charge in [-0.1, -0.05) is 17.7 Å².